The molecular weight excluding hydrogens is 132 g/mol. The van der Waals surface area contributed by atoms with Crippen LogP contribution in [0.15, 0.2) is 0 Å². The van der Waals surface area contributed by atoms with E-state index < -0.39 is 8.32 Å². The summed E-state index contributed by atoms with van der Waals surface area (Å²) in [6.07, 6.45) is 0.806. The maximum absolute atomic E-state index is 5.34. The second kappa shape index (κ2) is 4.03. The zero-order valence-corrected chi connectivity index (χ0v) is 7.73. The van der Waals surface area contributed by atoms with E-state index in [-0.39, 0.29) is 0 Å². The van der Waals surface area contributed by atoms with Gasteiger partial charge in [0.05, 0.1) is 6.23 Å². The second-order valence-corrected chi connectivity index (χ2v) is 6.74. The highest BCUT2D eigenvalue weighted by Gasteiger charge is 2.24. The van der Waals surface area contributed by atoms with Crippen molar-refractivity contribution in [2.24, 2.45) is 0 Å². The van der Waals surface area contributed by atoms with Crippen molar-refractivity contribution in [3.8, 4) is 0 Å². The molecule has 0 radical (unpaired) electrons. The molecule has 0 aromatic rings. The first-order chi connectivity index (χ1) is 4.18. The summed E-state index contributed by atoms with van der Waals surface area (Å²) in [4.78, 5) is 0. The van der Waals surface area contributed by atoms with Gasteiger partial charge in [-0.2, -0.15) is 0 Å². The Kier molecular flexibility index (Phi) is 4.09. The Morgan fingerprint density at radius 2 is 1.89 bits per heavy atom. The molecular formula is C6H16O2Si. The molecule has 3 heteroatoms. The van der Waals surface area contributed by atoms with E-state index in [9.17, 15) is 0 Å². The Morgan fingerprint density at radius 3 is 2.00 bits per heavy atom. The van der Waals surface area contributed by atoms with E-state index in [2.05, 4.69) is 13.5 Å². The smallest absolute Gasteiger partial charge is 0.214 e. The fourth-order valence-corrected chi connectivity index (χ4v) is 1.83. The fraction of sp³-hybridized carbons (Fsp3) is 1.00. The van der Waals surface area contributed by atoms with Crippen molar-refractivity contribution in [3.63, 3.8) is 0 Å². The van der Waals surface area contributed by atoms with Gasteiger partial charge in [0.15, 0.2) is 0 Å². The third-order valence-electron chi connectivity index (χ3n) is 1.69. The molecule has 0 rings (SSSR count). The Bertz CT molecular complexity index is 71.5. The molecule has 0 aliphatic heterocycles. The van der Waals surface area contributed by atoms with Crippen LogP contribution in [0.2, 0.25) is 12.6 Å². The highest BCUT2D eigenvalue weighted by atomic mass is 28.4. The van der Waals surface area contributed by atoms with Gasteiger partial charge in [0.25, 0.3) is 0 Å². The highest BCUT2D eigenvalue weighted by Crippen LogP contribution is 2.08. The van der Waals surface area contributed by atoms with Crippen molar-refractivity contribution in [2.75, 3.05) is 20.4 Å². The monoisotopic (exact) mass is 148 g/mol. The van der Waals surface area contributed by atoms with E-state index in [1.165, 1.54) is 0 Å². The van der Waals surface area contributed by atoms with Gasteiger partial charge in [0, 0.05) is 14.2 Å². The van der Waals surface area contributed by atoms with Gasteiger partial charge in [0.2, 0.25) is 8.32 Å². The summed E-state index contributed by atoms with van der Waals surface area (Å²) < 4.78 is 10.4. The number of rotatable bonds is 4. The summed E-state index contributed by atoms with van der Waals surface area (Å²) >= 11 is 0. The lowest BCUT2D eigenvalue weighted by molar-refractivity contribution is 0.222. The predicted molar refractivity (Wildman–Crippen MR) is 41.0 cm³/mol. The van der Waals surface area contributed by atoms with Crippen LogP contribution < -0.4 is 0 Å². The molecule has 0 amide bonds. The number of methoxy groups -OCH3 is 1. The number of hydrogen-bond acceptors (Lipinski definition) is 2. The lowest BCUT2D eigenvalue weighted by atomic mass is 11.0. The summed E-state index contributed by atoms with van der Waals surface area (Å²) in [5.74, 6) is 0. The van der Waals surface area contributed by atoms with Gasteiger partial charge in [0.1, 0.15) is 0 Å². The molecule has 2 nitrogen and oxygen atoms in total. The van der Waals surface area contributed by atoms with Crippen molar-refractivity contribution >= 4 is 8.32 Å². The molecule has 1 atom stereocenters. The average molecular weight is 148 g/mol. The molecule has 0 saturated heterocycles. The molecule has 0 aliphatic rings. The maximum atomic E-state index is 5.34. The fourth-order valence-electron chi connectivity index (χ4n) is 0.611. The third-order valence-corrected chi connectivity index (χ3v) is 5.07. The predicted octanol–water partition coefficient (Wildman–Crippen LogP) is 1.41. The Hall–Kier alpha value is 0.137. The standard InChI is InChI=1S/C6H16O2Si/c1-5-9(4,8-3)6-7-2/h5-6H2,1-4H3. The Labute approximate surface area is 58.3 Å². The Balaban J connectivity index is 3.62. The maximum Gasteiger partial charge on any atom is 0.214 e. The quantitative estimate of drug-likeness (QED) is 0.561. The van der Waals surface area contributed by atoms with Crippen LogP contribution in [-0.2, 0) is 9.16 Å². The van der Waals surface area contributed by atoms with Gasteiger partial charge in [-0.3, -0.25) is 0 Å². The lowest BCUT2D eigenvalue weighted by Gasteiger charge is -2.21. The molecule has 9 heavy (non-hydrogen) atoms. The second-order valence-electron chi connectivity index (χ2n) is 2.44. The van der Waals surface area contributed by atoms with Crippen molar-refractivity contribution < 1.29 is 9.16 Å². The largest absolute Gasteiger partial charge is 0.418 e. The van der Waals surface area contributed by atoms with Crippen LogP contribution in [0.25, 0.3) is 0 Å². The molecule has 0 aromatic carbocycles. The van der Waals surface area contributed by atoms with E-state index in [1.807, 2.05) is 0 Å². The van der Waals surface area contributed by atoms with Gasteiger partial charge in [-0.1, -0.05) is 6.92 Å². The average Bonchev–Trinajstić information content (AvgIpc) is 1.89. The van der Waals surface area contributed by atoms with Crippen molar-refractivity contribution in [3.05, 3.63) is 0 Å². The van der Waals surface area contributed by atoms with Gasteiger partial charge >= 0.3 is 0 Å². The molecule has 0 bridgehead atoms. The van der Waals surface area contributed by atoms with Gasteiger partial charge in [-0.25, -0.2) is 0 Å². The minimum atomic E-state index is -1.42. The molecule has 0 saturated carbocycles. The van der Waals surface area contributed by atoms with Crippen LogP contribution in [0.1, 0.15) is 6.92 Å². The first kappa shape index (κ1) is 9.14. The minimum Gasteiger partial charge on any atom is -0.418 e. The van der Waals surface area contributed by atoms with Crippen molar-refractivity contribution in [1.82, 2.24) is 0 Å². The van der Waals surface area contributed by atoms with E-state index in [0.717, 1.165) is 12.3 Å². The van der Waals surface area contributed by atoms with E-state index in [4.69, 9.17) is 9.16 Å². The van der Waals surface area contributed by atoms with Crippen LogP contribution in [0.5, 0.6) is 0 Å². The molecule has 0 fully saturated rings. The van der Waals surface area contributed by atoms with Crippen LogP contribution in [0.4, 0.5) is 0 Å². The molecule has 0 heterocycles. The lowest BCUT2D eigenvalue weighted by Crippen LogP contribution is -2.38. The molecule has 0 N–H and O–H groups in total. The zero-order valence-electron chi connectivity index (χ0n) is 6.73. The summed E-state index contributed by atoms with van der Waals surface area (Å²) in [5, 5.41) is 0. The highest BCUT2D eigenvalue weighted by molar-refractivity contribution is 6.72. The van der Waals surface area contributed by atoms with Crippen LogP contribution in [0.3, 0.4) is 0 Å². The summed E-state index contributed by atoms with van der Waals surface area (Å²) in [6.45, 7) is 4.32. The third kappa shape index (κ3) is 2.98. The topological polar surface area (TPSA) is 18.5 Å². The summed E-state index contributed by atoms with van der Waals surface area (Å²) in [7, 11) is 2.08. The van der Waals surface area contributed by atoms with Crippen molar-refractivity contribution in [1.29, 1.82) is 0 Å². The normalized spacial score (nSPS) is 17.3. The molecule has 0 aromatic heterocycles. The molecule has 0 spiro atoms. The Morgan fingerprint density at radius 1 is 1.33 bits per heavy atom. The molecule has 0 aliphatic carbocycles. The summed E-state index contributed by atoms with van der Waals surface area (Å²) in [6, 6.07) is 1.12. The van der Waals surface area contributed by atoms with Crippen LogP contribution in [0, 0.1) is 0 Å². The van der Waals surface area contributed by atoms with Crippen LogP contribution in [-0.4, -0.2) is 28.8 Å². The zero-order chi connectivity index (χ0) is 7.33. The summed E-state index contributed by atoms with van der Waals surface area (Å²) in [5.41, 5.74) is 0. The molecule has 56 valence electrons. The number of ether oxygens (including phenoxy) is 1. The van der Waals surface area contributed by atoms with E-state index >= 15 is 0 Å². The first-order valence-corrected chi connectivity index (χ1v) is 6.05. The first-order valence-electron chi connectivity index (χ1n) is 3.22. The van der Waals surface area contributed by atoms with Gasteiger partial charge < -0.3 is 9.16 Å². The minimum absolute atomic E-state index is 0.806. The van der Waals surface area contributed by atoms with Crippen molar-refractivity contribution in [2.45, 2.75) is 19.5 Å². The van der Waals surface area contributed by atoms with Gasteiger partial charge in [-0.15, -0.1) is 0 Å². The molecule has 1 unspecified atom stereocenters. The van der Waals surface area contributed by atoms with Gasteiger partial charge in [-0.05, 0) is 12.6 Å². The van der Waals surface area contributed by atoms with Crippen LogP contribution >= 0.6 is 0 Å². The number of hydrogen-bond donors (Lipinski definition) is 0. The van der Waals surface area contributed by atoms with E-state index in [0.29, 0.717) is 0 Å². The SMILES string of the molecule is CC[Si](C)(COC)OC. The van der Waals surface area contributed by atoms with E-state index in [1.54, 1.807) is 14.2 Å².